The largest absolute Gasteiger partial charge is 0.379 e. The minimum absolute atomic E-state index is 0.332. The highest BCUT2D eigenvalue weighted by Crippen LogP contribution is 2.26. The molecular weight excluding hydrogens is 234 g/mol. The van der Waals surface area contributed by atoms with Crippen LogP contribution in [0.4, 0.5) is 5.13 Å². The first-order chi connectivity index (χ1) is 8.22. The first kappa shape index (κ1) is 12.8. The number of rotatable bonds is 5. The molecule has 1 N–H and O–H groups in total. The van der Waals surface area contributed by atoms with Crippen molar-refractivity contribution in [3.05, 3.63) is 11.1 Å². The molecule has 0 aromatic carbocycles. The number of nitrogens with zero attached hydrogens (tertiary/aromatic N) is 2. The Morgan fingerprint density at radius 2 is 2.53 bits per heavy atom. The maximum atomic E-state index is 5.42. The quantitative estimate of drug-likeness (QED) is 0.873. The second-order valence-electron chi connectivity index (χ2n) is 4.46. The molecule has 2 rings (SSSR count). The molecule has 0 bridgehead atoms. The van der Waals surface area contributed by atoms with E-state index in [1.54, 1.807) is 11.3 Å². The van der Waals surface area contributed by atoms with Gasteiger partial charge in [-0.3, -0.25) is 0 Å². The maximum absolute atomic E-state index is 5.42. The van der Waals surface area contributed by atoms with Crippen LogP contribution in [0.1, 0.15) is 32.0 Å². The summed E-state index contributed by atoms with van der Waals surface area (Å²) in [4.78, 5) is 6.95. The normalized spacial score (nSPS) is 21.7. The van der Waals surface area contributed by atoms with Gasteiger partial charge in [0.2, 0.25) is 0 Å². The van der Waals surface area contributed by atoms with E-state index in [0.717, 1.165) is 37.0 Å². The third kappa shape index (κ3) is 2.97. The number of anilines is 1. The van der Waals surface area contributed by atoms with Gasteiger partial charge in [-0.25, -0.2) is 4.98 Å². The van der Waals surface area contributed by atoms with Crippen molar-refractivity contribution in [1.29, 1.82) is 0 Å². The highest BCUT2D eigenvalue weighted by atomic mass is 32.1. The van der Waals surface area contributed by atoms with E-state index in [4.69, 9.17) is 9.72 Å². The molecular formula is C12H21N3OS. The van der Waals surface area contributed by atoms with Crippen LogP contribution in [0, 0.1) is 0 Å². The molecule has 0 radical (unpaired) electrons. The van der Waals surface area contributed by atoms with E-state index in [0.29, 0.717) is 12.1 Å². The molecule has 1 aromatic rings. The highest BCUT2D eigenvalue weighted by Gasteiger charge is 2.22. The van der Waals surface area contributed by atoms with Crippen LogP contribution in [-0.2, 0) is 4.74 Å². The zero-order valence-electron chi connectivity index (χ0n) is 10.8. The summed E-state index contributed by atoms with van der Waals surface area (Å²) in [5.41, 5.74) is 1.14. The van der Waals surface area contributed by atoms with E-state index >= 15 is 0 Å². The standard InChI is InChI=1S/C12H21N3OS/c1-4-13-9(2)11-8-17-12(14-11)15(3)10-5-6-16-7-10/h8-10,13H,4-7H2,1-3H3. The minimum Gasteiger partial charge on any atom is -0.379 e. The number of thiazole rings is 1. The van der Waals surface area contributed by atoms with E-state index in [-0.39, 0.29) is 0 Å². The fourth-order valence-corrected chi connectivity index (χ4v) is 2.99. The van der Waals surface area contributed by atoms with E-state index in [2.05, 4.69) is 36.5 Å². The number of hydrogen-bond acceptors (Lipinski definition) is 5. The molecule has 1 fully saturated rings. The number of nitrogens with one attached hydrogen (secondary N) is 1. The van der Waals surface area contributed by atoms with Gasteiger partial charge in [0.05, 0.1) is 18.3 Å². The summed E-state index contributed by atoms with van der Waals surface area (Å²) >= 11 is 1.72. The molecule has 1 aliphatic heterocycles. The molecule has 0 saturated carbocycles. The molecule has 96 valence electrons. The van der Waals surface area contributed by atoms with Gasteiger partial charge in [-0.2, -0.15) is 0 Å². The van der Waals surface area contributed by atoms with Crippen molar-refractivity contribution >= 4 is 16.5 Å². The SMILES string of the molecule is CCNC(C)c1csc(N(C)C2CCOC2)n1. The zero-order chi connectivity index (χ0) is 12.3. The van der Waals surface area contributed by atoms with Gasteiger partial charge in [0, 0.05) is 25.1 Å². The van der Waals surface area contributed by atoms with Crippen LogP contribution in [0.15, 0.2) is 5.38 Å². The molecule has 0 aliphatic carbocycles. The first-order valence-electron chi connectivity index (χ1n) is 6.21. The molecule has 2 unspecified atom stereocenters. The second-order valence-corrected chi connectivity index (χ2v) is 5.30. The van der Waals surface area contributed by atoms with Crippen LogP contribution in [0.5, 0.6) is 0 Å². The Labute approximate surface area is 107 Å². The predicted molar refractivity (Wildman–Crippen MR) is 71.8 cm³/mol. The lowest BCUT2D eigenvalue weighted by atomic mass is 10.2. The summed E-state index contributed by atoms with van der Waals surface area (Å²) in [7, 11) is 2.11. The summed E-state index contributed by atoms with van der Waals surface area (Å²) in [6.07, 6.45) is 1.11. The Bertz CT molecular complexity index is 349. The Morgan fingerprint density at radius 3 is 3.18 bits per heavy atom. The van der Waals surface area contributed by atoms with E-state index in [1.807, 2.05) is 0 Å². The van der Waals surface area contributed by atoms with E-state index in [9.17, 15) is 0 Å². The van der Waals surface area contributed by atoms with Gasteiger partial charge >= 0.3 is 0 Å². The average Bonchev–Trinajstić information content (AvgIpc) is 3.00. The molecule has 1 aromatic heterocycles. The Hall–Kier alpha value is -0.650. The Kier molecular flexibility index (Phi) is 4.36. The molecule has 1 aliphatic rings. The van der Waals surface area contributed by atoms with Gasteiger partial charge in [0.1, 0.15) is 0 Å². The average molecular weight is 255 g/mol. The molecule has 0 spiro atoms. The summed E-state index contributed by atoms with van der Waals surface area (Å²) in [6.45, 7) is 6.95. The fourth-order valence-electron chi connectivity index (χ4n) is 2.03. The number of aromatic nitrogens is 1. The monoisotopic (exact) mass is 255 g/mol. The number of hydrogen-bond donors (Lipinski definition) is 1. The first-order valence-corrected chi connectivity index (χ1v) is 7.09. The molecule has 2 heterocycles. The lowest BCUT2D eigenvalue weighted by molar-refractivity contribution is 0.193. The van der Waals surface area contributed by atoms with Gasteiger partial charge in [-0.1, -0.05) is 6.92 Å². The minimum atomic E-state index is 0.332. The molecule has 4 nitrogen and oxygen atoms in total. The van der Waals surface area contributed by atoms with Gasteiger partial charge in [-0.15, -0.1) is 11.3 Å². The number of ether oxygens (including phenoxy) is 1. The molecule has 2 atom stereocenters. The van der Waals surface area contributed by atoms with Crippen LogP contribution >= 0.6 is 11.3 Å². The molecule has 0 amide bonds. The van der Waals surface area contributed by atoms with Crippen molar-refractivity contribution in [3.8, 4) is 0 Å². The third-order valence-electron chi connectivity index (χ3n) is 3.22. The van der Waals surface area contributed by atoms with Gasteiger partial charge in [0.15, 0.2) is 5.13 Å². The van der Waals surface area contributed by atoms with Crippen molar-refractivity contribution in [3.63, 3.8) is 0 Å². The topological polar surface area (TPSA) is 37.4 Å². The van der Waals surface area contributed by atoms with Crippen LogP contribution in [-0.4, -0.2) is 37.8 Å². The predicted octanol–water partition coefficient (Wildman–Crippen LogP) is 2.04. The van der Waals surface area contributed by atoms with Crippen LogP contribution < -0.4 is 10.2 Å². The van der Waals surface area contributed by atoms with Crippen molar-refractivity contribution < 1.29 is 4.74 Å². The Balaban J connectivity index is 2.01. The van der Waals surface area contributed by atoms with E-state index < -0.39 is 0 Å². The third-order valence-corrected chi connectivity index (χ3v) is 4.17. The summed E-state index contributed by atoms with van der Waals surface area (Å²) in [5.74, 6) is 0. The van der Waals surface area contributed by atoms with Crippen LogP contribution in [0.25, 0.3) is 0 Å². The van der Waals surface area contributed by atoms with Gasteiger partial charge in [-0.05, 0) is 19.9 Å². The Morgan fingerprint density at radius 1 is 1.71 bits per heavy atom. The van der Waals surface area contributed by atoms with Crippen LogP contribution in [0.3, 0.4) is 0 Å². The maximum Gasteiger partial charge on any atom is 0.185 e. The van der Waals surface area contributed by atoms with Crippen molar-refractivity contribution in [2.24, 2.45) is 0 Å². The van der Waals surface area contributed by atoms with Crippen molar-refractivity contribution in [2.45, 2.75) is 32.4 Å². The summed E-state index contributed by atoms with van der Waals surface area (Å²) in [6, 6.07) is 0.821. The van der Waals surface area contributed by atoms with Crippen LogP contribution in [0.2, 0.25) is 0 Å². The highest BCUT2D eigenvalue weighted by molar-refractivity contribution is 7.13. The second kappa shape index (κ2) is 5.80. The lowest BCUT2D eigenvalue weighted by Crippen LogP contribution is -2.31. The van der Waals surface area contributed by atoms with Crippen molar-refractivity contribution in [2.75, 3.05) is 31.7 Å². The van der Waals surface area contributed by atoms with Gasteiger partial charge in [0.25, 0.3) is 0 Å². The lowest BCUT2D eigenvalue weighted by Gasteiger charge is -2.22. The smallest absolute Gasteiger partial charge is 0.185 e. The molecule has 17 heavy (non-hydrogen) atoms. The zero-order valence-corrected chi connectivity index (χ0v) is 11.6. The van der Waals surface area contributed by atoms with Crippen molar-refractivity contribution in [1.82, 2.24) is 10.3 Å². The number of likely N-dealkylation sites (N-methyl/N-ethyl adjacent to an activating group) is 1. The fraction of sp³-hybridized carbons (Fsp3) is 0.750. The summed E-state index contributed by atoms with van der Waals surface area (Å²) < 4.78 is 5.42. The molecule has 1 saturated heterocycles. The van der Waals surface area contributed by atoms with Gasteiger partial charge < -0.3 is 15.0 Å². The summed E-state index contributed by atoms with van der Waals surface area (Å²) in [5, 5.41) is 6.63. The molecule has 5 heteroatoms. The van der Waals surface area contributed by atoms with E-state index in [1.165, 1.54) is 0 Å².